The van der Waals surface area contributed by atoms with Crippen molar-refractivity contribution in [3.8, 4) is 0 Å². The van der Waals surface area contributed by atoms with E-state index in [9.17, 15) is 4.79 Å². The highest BCUT2D eigenvalue weighted by Crippen LogP contribution is 2.19. The van der Waals surface area contributed by atoms with Gasteiger partial charge in [-0.25, -0.2) is 9.78 Å². The van der Waals surface area contributed by atoms with E-state index in [-0.39, 0.29) is 4.88 Å². The Hall–Kier alpha value is -1.10. The van der Waals surface area contributed by atoms with Crippen molar-refractivity contribution < 1.29 is 9.90 Å². The largest absolute Gasteiger partial charge is 0.477 e. The molecule has 1 aromatic rings. The van der Waals surface area contributed by atoms with Crippen molar-refractivity contribution in [1.82, 2.24) is 4.98 Å². The lowest BCUT2D eigenvalue weighted by Gasteiger charge is -2.11. The first-order valence-corrected chi connectivity index (χ1v) is 5.90. The number of aromatic carboxylic acids is 1. The quantitative estimate of drug-likeness (QED) is 0.786. The lowest BCUT2D eigenvalue weighted by Crippen LogP contribution is -2.14. The van der Waals surface area contributed by atoms with Crippen LogP contribution in [0.1, 0.15) is 42.8 Å². The Morgan fingerprint density at radius 2 is 2.47 bits per heavy atom. The van der Waals surface area contributed by atoms with Crippen LogP contribution >= 0.6 is 11.3 Å². The Morgan fingerprint density at radius 1 is 1.73 bits per heavy atom. The summed E-state index contributed by atoms with van der Waals surface area (Å²) in [5.41, 5.74) is 0. The number of thiazole rings is 1. The molecule has 0 aromatic carbocycles. The number of hydrogen-bond donors (Lipinski definition) is 2. The van der Waals surface area contributed by atoms with Crippen LogP contribution in [-0.4, -0.2) is 22.1 Å². The lowest BCUT2D eigenvalue weighted by molar-refractivity contribution is 0.0702. The number of nitrogens with zero attached hydrogens (tertiary/aromatic N) is 1. The molecule has 0 aliphatic heterocycles. The topological polar surface area (TPSA) is 62.2 Å². The van der Waals surface area contributed by atoms with E-state index in [0.717, 1.165) is 6.42 Å². The van der Waals surface area contributed by atoms with Crippen LogP contribution in [0.2, 0.25) is 0 Å². The first-order chi connectivity index (χ1) is 7.13. The number of unbranched alkanes of at least 4 members (excludes halogenated alkanes) is 1. The standard InChI is InChI=1S/C10H16N2O2S/c1-3-4-5-7(2)12-10-11-6-8(15-10)9(13)14/h6-7H,3-5H2,1-2H3,(H,11,12)(H,13,14). The summed E-state index contributed by atoms with van der Waals surface area (Å²) in [6.07, 6.45) is 4.82. The molecule has 0 saturated heterocycles. The van der Waals surface area contributed by atoms with Gasteiger partial charge in [0.15, 0.2) is 5.13 Å². The van der Waals surface area contributed by atoms with E-state index in [1.54, 1.807) is 0 Å². The van der Waals surface area contributed by atoms with E-state index in [1.165, 1.54) is 30.4 Å². The highest BCUT2D eigenvalue weighted by Gasteiger charge is 2.09. The fraction of sp³-hybridized carbons (Fsp3) is 0.600. The van der Waals surface area contributed by atoms with Crippen LogP contribution < -0.4 is 5.32 Å². The number of hydrogen-bond acceptors (Lipinski definition) is 4. The summed E-state index contributed by atoms with van der Waals surface area (Å²) in [6, 6.07) is 0.345. The lowest BCUT2D eigenvalue weighted by atomic mass is 10.1. The van der Waals surface area contributed by atoms with Crippen LogP contribution in [0.4, 0.5) is 5.13 Å². The summed E-state index contributed by atoms with van der Waals surface area (Å²) in [7, 11) is 0. The van der Waals surface area contributed by atoms with E-state index in [0.29, 0.717) is 11.2 Å². The molecule has 0 fully saturated rings. The highest BCUT2D eigenvalue weighted by molar-refractivity contribution is 7.17. The first kappa shape index (κ1) is 12.0. The predicted molar refractivity (Wildman–Crippen MR) is 61.7 cm³/mol. The van der Waals surface area contributed by atoms with Crippen LogP contribution in [0.15, 0.2) is 6.20 Å². The van der Waals surface area contributed by atoms with Gasteiger partial charge < -0.3 is 10.4 Å². The van der Waals surface area contributed by atoms with Crippen LogP contribution in [-0.2, 0) is 0 Å². The van der Waals surface area contributed by atoms with Crippen molar-refractivity contribution in [2.75, 3.05) is 5.32 Å². The number of carboxylic acids is 1. The Bertz CT molecular complexity index is 325. The van der Waals surface area contributed by atoms with Gasteiger partial charge in [-0.15, -0.1) is 0 Å². The molecular weight excluding hydrogens is 212 g/mol. The molecule has 0 amide bonds. The minimum Gasteiger partial charge on any atom is -0.477 e. The molecule has 1 rings (SSSR count). The second-order valence-corrected chi connectivity index (χ2v) is 4.55. The zero-order chi connectivity index (χ0) is 11.3. The zero-order valence-corrected chi connectivity index (χ0v) is 9.80. The number of anilines is 1. The van der Waals surface area contributed by atoms with Gasteiger partial charge in [-0.3, -0.25) is 0 Å². The molecule has 1 heterocycles. The number of aromatic nitrogens is 1. The predicted octanol–water partition coefficient (Wildman–Crippen LogP) is 2.83. The van der Waals surface area contributed by atoms with Crippen LogP contribution in [0.25, 0.3) is 0 Å². The molecule has 2 N–H and O–H groups in total. The monoisotopic (exact) mass is 228 g/mol. The number of nitrogens with one attached hydrogen (secondary N) is 1. The van der Waals surface area contributed by atoms with Gasteiger partial charge in [-0.05, 0) is 13.3 Å². The zero-order valence-electron chi connectivity index (χ0n) is 8.99. The molecule has 0 bridgehead atoms. The van der Waals surface area contributed by atoms with Gasteiger partial charge in [0, 0.05) is 6.04 Å². The molecule has 0 spiro atoms. The summed E-state index contributed by atoms with van der Waals surface area (Å²) in [5, 5.41) is 12.6. The van der Waals surface area contributed by atoms with Crippen molar-refractivity contribution in [3.05, 3.63) is 11.1 Å². The maximum absolute atomic E-state index is 10.6. The minimum atomic E-state index is -0.915. The summed E-state index contributed by atoms with van der Waals surface area (Å²) in [5.74, 6) is -0.915. The van der Waals surface area contributed by atoms with Gasteiger partial charge in [0.1, 0.15) is 4.88 Å². The van der Waals surface area contributed by atoms with Crippen LogP contribution in [0.3, 0.4) is 0 Å². The average Bonchev–Trinajstić information content (AvgIpc) is 2.63. The van der Waals surface area contributed by atoms with Gasteiger partial charge in [-0.2, -0.15) is 0 Å². The van der Waals surface area contributed by atoms with Gasteiger partial charge >= 0.3 is 5.97 Å². The molecule has 0 aliphatic carbocycles. The molecule has 1 aromatic heterocycles. The van der Waals surface area contributed by atoms with Crippen LogP contribution in [0, 0.1) is 0 Å². The van der Waals surface area contributed by atoms with Crippen LogP contribution in [0.5, 0.6) is 0 Å². The number of carboxylic acid groups (broad SMARTS) is 1. The third-order valence-electron chi connectivity index (χ3n) is 2.08. The first-order valence-electron chi connectivity index (χ1n) is 5.09. The number of rotatable bonds is 6. The SMILES string of the molecule is CCCCC(C)Nc1ncc(C(=O)O)s1. The Morgan fingerprint density at radius 3 is 3.00 bits per heavy atom. The van der Waals surface area contributed by atoms with E-state index in [4.69, 9.17) is 5.11 Å². The summed E-state index contributed by atoms with van der Waals surface area (Å²) < 4.78 is 0. The molecule has 5 heteroatoms. The van der Waals surface area contributed by atoms with Crippen molar-refractivity contribution in [3.63, 3.8) is 0 Å². The normalized spacial score (nSPS) is 12.4. The van der Waals surface area contributed by atoms with Crippen molar-refractivity contribution in [2.24, 2.45) is 0 Å². The fourth-order valence-electron chi connectivity index (χ4n) is 1.23. The van der Waals surface area contributed by atoms with Gasteiger partial charge in [0.2, 0.25) is 0 Å². The summed E-state index contributed by atoms with van der Waals surface area (Å²) in [6.45, 7) is 4.23. The number of carbonyl (C=O) groups is 1. The average molecular weight is 228 g/mol. The molecule has 0 radical (unpaired) electrons. The molecule has 84 valence electrons. The van der Waals surface area contributed by atoms with E-state index in [2.05, 4.69) is 24.1 Å². The van der Waals surface area contributed by atoms with Crippen molar-refractivity contribution >= 4 is 22.4 Å². The second kappa shape index (κ2) is 5.70. The third kappa shape index (κ3) is 3.87. The van der Waals surface area contributed by atoms with Gasteiger partial charge in [0.05, 0.1) is 6.20 Å². The second-order valence-electron chi connectivity index (χ2n) is 3.52. The van der Waals surface area contributed by atoms with E-state index in [1.807, 2.05) is 0 Å². The highest BCUT2D eigenvalue weighted by atomic mass is 32.1. The van der Waals surface area contributed by atoms with Gasteiger partial charge in [0.25, 0.3) is 0 Å². The molecule has 4 nitrogen and oxygen atoms in total. The Balaban J connectivity index is 2.46. The molecule has 1 atom stereocenters. The minimum absolute atomic E-state index is 0.278. The molecular formula is C10H16N2O2S. The Kier molecular flexibility index (Phi) is 4.55. The molecule has 0 aliphatic rings. The molecule has 0 saturated carbocycles. The van der Waals surface area contributed by atoms with E-state index < -0.39 is 5.97 Å². The molecule has 1 unspecified atom stereocenters. The van der Waals surface area contributed by atoms with E-state index >= 15 is 0 Å². The smallest absolute Gasteiger partial charge is 0.347 e. The van der Waals surface area contributed by atoms with Gasteiger partial charge in [-0.1, -0.05) is 31.1 Å². The van der Waals surface area contributed by atoms with Crippen molar-refractivity contribution in [2.45, 2.75) is 39.2 Å². The third-order valence-corrected chi connectivity index (χ3v) is 2.99. The van der Waals surface area contributed by atoms with Crippen molar-refractivity contribution in [1.29, 1.82) is 0 Å². The maximum atomic E-state index is 10.6. The Labute approximate surface area is 93.4 Å². The maximum Gasteiger partial charge on any atom is 0.347 e. The fourth-order valence-corrected chi connectivity index (χ4v) is 2.00. The summed E-state index contributed by atoms with van der Waals surface area (Å²) >= 11 is 1.18. The summed E-state index contributed by atoms with van der Waals surface area (Å²) in [4.78, 5) is 14.9. The molecule has 15 heavy (non-hydrogen) atoms.